The van der Waals surface area contributed by atoms with Crippen molar-refractivity contribution in [2.75, 3.05) is 13.4 Å². The first-order valence-electron chi connectivity index (χ1n) is 4.37. The maximum atomic E-state index is 10.8. The third kappa shape index (κ3) is 3.16. The predicted molar refractivity (Wildman–Crippen MR) is 62.7 cm³/mol. The zero-order valence-corrected chi connectivity index (χ0v) is 9.69. The van der Waals surface area contributed by atoms with Crippen LogP contribution in [0.15, 0.2) is 23.6 Å². The van der Waals surface area contributed by atoms with Gasteiger partial charge in [0.05, 0.1) is 12.0 Å². The molecule has 16 heavy (non-hydrogen) atoms. The third-order valence-electron chi connectivity index (χ3n) is 1.85. The zero-order chi connectivity index (χ0) is 12.1. The number of nitro groups is 1. The van der Waals surface area contributed by atoms with Gasteiger partial charge < -0.3 is 4.74 Å². The quantitative estimate of drug-likeness (QED) is 0.596. The molecule has 1 aromatic carbocycles. The van der Waals surface area contributed by atoms with E-state index in [1.807, 2.05) is 0 Å². The summed E-state index contributed by atoms with van der Waals surface area (Å²) in [5.74, 6) is 0.208. The van der Waals surface area contributed by atoms with E-state index in [0.29, 0.717) is 5.56 Å². The minimum Gasteiger partial charge on any atom is -0.490 e. The number of hydrogen-bond acceptors (Lipinski definition) is 4. The maximum Gasteiger partial charge on any atom is 0.311 e. The van der Waals surface area contributed by atoms with E-state index in [-0.39, 0.29) is 11.4 Å². The van der Waals surface area contributed by atoms with E-state index in [0.717, 1.165) is 0 Å². The summed E-state index contributed by atoms with van der Waals surface area (Å²) in [6.45, 7) is 0. The van der Waals surface area contributed by atoms with E-state index in [2.05, 4.69) is 0 Å². The van der Waals surface area contributed by atoms with Crippen LogP contribution in [-0.4, -0.2) is 22.5 Å². The van der Waals surface area contributed by atoms with Gasteiger partial charge in [-0.2, -0.15) is 0 Å². The van der Waals surface area contributed by atoms with Gasteiger partial charge in [0.2, 0.25) is 0 Å². The van der Waals surface area contributed by atoms with Crippen LogP contribution in [0.4, 0.5) is 5.69 Å². The largest absolute Gasteiger partial charge is 0.490 e. The summed E-state index contributed by atoms with van der Waals surface area (Å²) in [4.78, 5) is 10.2. The Kier molecular flexibility index (Phi) is 4.19. The summed E-state index contributed by atoms with van der Waals surface area (Å²) in [6, 6.07) is 4.55. The smallest absolute Gasteiger partial charge is 0.311 e. The number of benzene rings is 1. The van der Waals surface area contributed by atoms with E-state index in [1.54, 1.807) is 12.1 Å². The van der Waals surface area contributed by atoms with Crippen LogP contribution in [0.3, 0.4) is 0 Å². The topological polar surface area (TPSA) is 69.4 Å². The Hall–Kier alpha value is -1.69. The molecule has 1 rings (SSSR count). The Labute approximate surface area is 95.3 Å². The van der Waals surface area contributed by atoms with E-state index in [4.69, 9.17) is 4.74 Å². The lowest BCUT2D eigenvalue weighted by atomic mass is 10.2. The normalized spacial score (nSPS) is 12.6. The van der Waals surface area contributed by atoms with Crippen LogP contribution in [0.2, 0.25) is 0 Å². The monoisotopic (exact) mass is 241 g/mol. The lowest BCUT2D eigenvalue weighted by molar-refractivity contribution is -0.385. The highest BCUT2D eigenvalue weighted by molar-refractivity contribution is 7.87. The lowest BCUT2D eigenvalue weighted by Gasteiger charge is -2.01. The van der Waals surface area contributed by atoms with E-state index < -0.39 is 15.7 Å². The molecule has 1 aromatic rings. The van der Waals surface area contributed by atoms with Crippen molar-refractivity contribution >= 4 is 22.6 Å². The Bertz CT molecular complexity index is 456. The average Bonchev–Trinajstić information content (AvgIpc) is 2.25. The van der Waals surface area contributed by atoms with Crippen molar-refractivity contribution < 1.29 is 13.9 Å². The van der Waals surface area contributed by atoms with Crippen LogP contribution < -0.4 is 4.74 Å². The summed E-state index contributed by atoms with van der Waals surface area (Å²) in [7, 11) is 0.302. The fraction of sp³-hybridized carbons (Fsp3) is 0.200. The summed E-state index contributed by atoms with van der Waals surface area (Å²) >= 11 is 0. The number of nitrogens with zero attached hydrogens (tertiary/aromatic N) is 1. The molecule has 0 heterocycles. The van der Waals surface area contributed by atoms with Crippen LogP contribution in [0.1, 0.15) is 5.56 Å². The van der Waals surface area contributed by atoms with Crippen molar-refractivity contribution in [3.8, 4) is 5.75 Å². The molecule has 0 N–H and O–H groups in total. The minimum atomic E-state index is -1.07. The minimum absolute atomic E-state index is 0.105. The molecule has 0 spiro atoms. The number of hydrogen-bond donors (Lipinski definition) is 0. The Morgan fingerprint density at radius 1 is 1.50 bits per heavy atom. The van der Waals surface area contributed by atoms with Crippen molar-refractivity contribution in [3.63, 3.8) is 0 Å². The summed E-state index contributed by atoms with van der Waals surface area (Å²) < 4.78 is 15.7. The van der Waals surface area contributed by atoms with Crippen LogP contribution >= 0.6 is 0 Å². The van der Waals surface area contributed by atoms with Gasteiger partial charge in [0, 0.05) is 28.5 Å². The third-order valence-corrected chi connectivity index (χ3v) is 2.37. The highest BCUT2D eigenvalue weighted by atomic mass is 32.2. The standard InChI is InChI=1S/C10H11NO4S/c1-15-10-4-3-8(5-6-16(2)14)7-9(10)11(12)13/h3-7H,1-2H3. The fourth-order valence-electron chi connectivity index (χ4n) is 1.13. The Balaban J connectivity index is 3.12. The van der Waals surface area contributed by atoms with Crippen molar-refractivity contribution in [1.82, 2.24) is 0 Å². The zero-order valence-electron chi connectivity index (χ0n) is 8.88. The second kappa shape index (κ2) is 5.41. The Morgan fingerprint density at radius 2 is 2.19 bits per heavy atom. The first-order valence-corrected chi connectivity index (χ1v) is 5.99. The molecule has 0 radical (unpaired) electrons. The molecule has 0 aliphatic heterocycles. The second-order valence-electron chi connectivity index (χ2n) is 2.99. The van der Waals surface area contributed by atoms with Gasteiger partial charge in [-0.3, -0.25) is 14.3 Å². The molecule has 0 saturated heterocycles. The molecule has 6 heteroatoms. The van der Waals surface area contributed by atoms with Crippen LogP contribution in [0.5, 0.6) is 5.75 Å². The van der Waals surface area contributed by atoms with Gasteiger partial charge in [0.15, 0.2) is 5.75 Å². The van der Waals surface area contributed by atoms with Crippen molar-refractivity contribution in [3.05, 3.63) is 39.3 Å². The van der Waals surface area contributed by atoms with Gasteiger partial charge in [0.1, 0.15) is 0 Å². The summed E-state index contributed by atoms with van der Waals surface area (Å²) in [5, 5.41) is 12.2. The fourth-order valence-corrected chi connectivity index (χ4v) is 1.48. The van der Waals surface area contributed by atoms with E-state index >= 15 is 0 Å². The molecule has 0 aliphatic rings. The second-order valence-corrected chi connectivity index (χ2v) is 4.26. The molecule has 1 atom stereocenters. The summed E-state index contributed by atoms with van der Waals surface area (Å²) in [6.07, 6.45) is 3.09. The average molecular weight is 241 g/mol. The van der Waals surface area contributed by atoms with E-state index in [9.17, 15) is 14.3 Å². The molecular formula is C10H11NO4S. The number of rotatable bonds is 4. The van der Waals surface area contributed by atoms with Crippen LogP contribution in [-0.2, 0) is 10.8 Å². The molecule has 86 valence electrons. The molecule has 0 amide bonds. The van der Waals surface area contributed by atoms with Gasteiger partial charge in [-0.15, -0.1) is 0 Å². The first-order chi connectivity index (χ1) is 7.54. The van der Waals surface area contributed by atoms with Gasteiger partial charge in [0.25, 0.3) is 0 Å². The number of nitro benzene ring substituents is 1. The predicted octanol–water partition coefficient (Wildman–Crippen LogP) is 1.95. The highest BCUT2D eigenvalue weighted by Gasteiger charge is 2.13. The first kappa shape index (κ1) is 12.4. The van der Waals surface area contributed by atoms with Gasteiger partial charge in [-0.25, -0.2) is 0 Å². The van der Waals surface area contributed by atoms with Crippen molar-refractivity contribution in [2.45, 2.75) is 0 Å². The lowest BCUT2D eigenvalue weighted by Crippen LogP contribution is -1.93. The van der Waals surface area contributed by atoms with Crippen LogP contribution in [0, 0.1) is 10.1 Å². The summed E-state index contributed by atoms with van der Waals surface area (Å²) in [5.41, 5.74) is 0.509. The number of ether oxygens (including phenoxy) is 1. The van der Waals surface area contributed by atoms with E-state index in [1.165, 1.54) is 30.9 Å². The molecule has 0 bridgehead atoms. The van der Waals surface area contributed by atoms with Gasteiger partial charge in [-0.05, 0) is 17.7 Å². The molecule has 1 unspecified atom stereocenters. The van der Waals surface area contributed by atoms with Gasteiger partial charge in [-0.1, -0.05) is 6.07 Å². The molecular weight excluding hydrogens is 230 g/mol. The molecule has 0 saturated carbocycles. The maximum absolute atomic E-state index is 10.8. The van der Waals surface area contributed by atoms with Crippen molar-refractivity contribution in [2.24, 2.45) is 0 Å². The Morgan fingerprint density at radius 3 is 2.69 bits per heavy atom. The number of methoxy groups -OCH3 is 1. The van der Waals surface area contributed by atoms with Crippen molar-refractivity contribution in [1.29, 1.82) is 0 Å². The van der Waals surface area contributed by atoms with Crippen LogP contribution in [0.25, 0.3) is 6.08 Å². The molecule has 0 aromatic heterocycles. The highest BCUT2D eigenvalue weighted by Crippen LogP contribution is 2.27. The molecule has 0 aliphatic carbocycles. The molecule has 0 fully saturated rings. The molecule has 5 nitrogen and oxygen atoms in total. The van der Waals surface area contributed by atoms with Gasteiger partial charge >= 0.3 is 5.69 Å². The SMILES string of the molecule is COc1ccc(C=CS(C)=O)cc1[N+](=O)[O-].